The molecule has 188 valence electrons. The molecule has 9 nitrogen and oxygen atoms in total. The Labute approximate surface area is 197 Å². The van der Waals surface area contributed by atoms with Gasteiger partial charge in [-0.05, 0) is 34.6 Å². The zero-order chi connectivity index (χ0) is 25.3. The van der Waals surface area contributed by atoms with Crippen molar-refractivity contribution >= 4 is 23.4 Å². The zero-order valence-electron chi connectivity index (χ0n) is 20.6. The molecule has 0 heterocycles. The predicted molar refractivity (Wildman–Crippen MR) is 122 cm³/mol. The van der Waals surface area contributed by atoms with Gasteiger partial charge in [0.1, 0.15) is 22.7 Å². The minimum absolute atomic E-state index is 0.00851. The number of esters is 1. The Morgan fingerprint density at radius 1 is 0.788 bits per heavy atom. The summed E-state index contributed by atoms with van der Waals surface area (Å²) in [7, 11) is 0. The van der Waals surface area contributed by atoms with E-state index >= 15 is 0 Å². The molecule has 33 heavy (non-hydrogen) atoms. The Morgan fingerprint density at radius 3 is 1.64 bits per heavy atom. The van der Waals surface area contributed by atoms with Crippen LogP contribution in [0.4, 0.5) is 0 Å². The predicted octanol–water partition coefficient (Wildman–Crippen LogP) is 1.99. The number of ether oxygens (including phenoxy) is 4. The number of amides is 1. The number of carbonyl (C=O) groups is 4. The molecule has 0 aromatic carbocycles. The molecule has 0 aliphatic carbocycles. The Kier molecular flexibility index (Phi) is 15.2. The minimum atomic E-state index is -1.09. The van der Waals surface area contributed by atoms with Crippen molar-refractivity contribution < 1.29 is 38.1 Å². The van der Waals surface area contributed by atoms with Gasteiger partial charge in [0.05, 0.1) is 46.1 Å². The molecule has 0 atom stereocenters. The molecule has 0 saturated carbocycles. The lowest BCUT2D eigenvalue weighted by atomic mass is 10.0. The molecular weight excluding hydrogens is 430 g/mol. The molecule has 0 aliphatic heterocycles. The van der Waals surface area contributed by atoms with E-state index in [0.29, 0.717) is 0 Å². The summed E-state index contributed by atoms with van der Waals surface area (Å²) in [4.78, 5) is 46.8. The number of nitrogens with one attached hydrogen (secondary N) is 1. The first-order valence-corrected chi connectivity index (χ1v) is 11.1. The van der Waals surface area contributed by atoms with E-state index in [9.17, 15) is 19.2 Å². The number of Topliss-reactive ketones (excluding diaryl/α,β-unsaturated/α-hetero) is 2. The maximum absolute atomic E-state index is 12.4. The van der Waals surface area contributed by atoms with Crippen LogP contribution in [-0.4, -0.2) is 74.2 Å². The van der Waals surface area contributed by atoms with Crippen molar-refractivity contribution in [2.24, 2.45) is 0 Å². The molecule has 0 radical (unpaired) electrons. The maximum Gasteiger partial charge on any atom is 0.308 e. The van der Waals surface area contributed by atoms with Gasteiger partial charge >= 0.3 is 5.97 Å². The van der Waals surface area contributed by atoms with Crippen LogP contribution in [0.15, 0.2) is 0 Å². The maximum atomic E-state index is 12.4. The highest BCUT2D eigenvalue weighted by molar-refractivity contribution is 5.77. The summed E-state index contributed by atoms with van der Waals surface area (Å²) in [6, 6.07) is 0. The highest BCUT2D eigenvalue weighted by atomic mass is 16.6. The van der Waals surface area contributed by atoms with Crippen molar-refractivity contribution in [3.8, 4) is 12.3 Å². The van der Waals surface area contributed by atoms with Crippen LogP contribution >= 0.6 is 0 Å². The van der Waals surface area contributed by atoms with E-state index in [1.54, 1.807) is 20.8 Å². The lowest BCUT2D eigenvalue weighted by molar-refractivity contribution is -0.156. The minimum Gasteiger partial charge on any atom is -0.460 e. The Hall–Kier alpha value is -2.28. The standard InChI is InChI=1S/C24H39NO8/c1-7-8-9-21(28)25-24(16-30-13-10-19(2)26,17-31-14-11-20(3)27)18-32-15-12-22(29)33-23(4,5)6/h1H,8-18H2,2-6H3,(H,25,28). The van der Waals surface area contributed by atoms with Crippen LogP contribution in [0, 0.1) is 12.3 Å². The molecule has 9 heteroatoms. The highest BCUT2D eigenvalue weighted by Crippen LogP contribution is 2.12. The van der Waals surface area contributed by atoms with E-state index in [0.717, 1.165) is 0 Å². The molecule has 0 fully saturated rings. The monoisotopic (exact) mass is 469 g/mol. The van der Waals surface area contributed by atoms with Gasteiger partial charge in [0, 0.05) is 25.7 Å². The van der Waals surface area contributed by atoms with Gasteiger partial charge in [0.2, 0.25) is 5.91 Å². The van der Waals surface area contributed by atoms with Crippen molar-refractivity contribution in [2.75, 3.05) is 39.6 Å². The molecule has 0 bridgehead atoms. The second-order valence-corrected chi connectivity index (χ2v) is 8.93. The van der Waals surface area contributed by atoms with Gasteiger partial charge in [-0.15, -0.1) is 12.3 Å². The summed E-state index contributed by atoms with van der Waals surface area (Å²) in [5, 5.41) is 2.87. The normalized spacial score (nSPS) is 11.5. The summed E-state index contributed by atoms with van der Waals surface area (Å²) in [5.74, 6) is 1.66. The molecule has 0 rings (SSSR count). The van der Waals surface area contributed by atoms with Gasteiger partial charge < -0.3 is 24.3 Å². The Morgan fingerprint density at radius 2 is 1.24 bits per heavy atom. The fourth-order valence-electron chi connectivity index (χ4n) is 2.56. The van der Waals surface area contributed by atoms with E-state index in [4.69, 9.17) is 25.4 Å². The summed E-state index contributed by atoms with van der Waals surface area (Å²) < 4.78 is 22.2. The number of ketones is 2. The average Bonchev–Trinajstić information content (AvgIpc) is 2.68. The van der Waals surface area contributed by atoms with E-state index in [1.165, 1.54) is 13.8 Å². The molecule has 1 N–H and O–H groups in total. The second kappa shape index (κ2) is 16.4. The van der Waals surface area contributed by atoms with Crippen LogP contribution in [0.25, 0.3) is 0 Å². The first kappa shape index (κ1) is 30.7. The molecule has 0 aromatic rings. The fourth-order valence-corrected chi connectivity index (χ4v) is 2.56. The SMILES string of the molecule is C#CCCC(=O)NC(COCCC(C)=O)(COCCC(C)=O)COCCC(=O)OC(C)(C)C. The van der Waals surface area contributed by atoms with Crippen LogP contribution in [-0.2, 0) is 38.1 Å². The molecule has 0 spiro atoms. The summed E-state index contributed by atoms with van der Waals surface area (Å²) in [5.41, 5.74) is -1.69. The van der Waals surface area contributed by atoms with Crippen LogP contribution in [0.2, 0.25) is 0 Å². The summed E-state index contributed by atoms with van der Waals surface area (Å²) in [6.07, 6.45) is 6.11. The van der Waals surface area contributed by atoms with Gasteiger partial charge in [0.25, 0.3) is 0 Å². The van der Waals surface area contributed by atoms with Crippen molar-refractivity contribution in [1.82, 2.24) is 5.32 Å². The number of hydrogen-bond acceptors (Lipinski definition) is 8. The average molecular weight is 470 g/mol. The smallest absolute Gasteiger partial charge is 0.308 e. The number of rotatable bonds is 18. The van der Waals surface area contributed by atoms with Crippen LogP contribution in [0.1, 0.15) is 66.7 Å². The Bertz CT molecular complexity index is 653. The van der Waals surface area contributed by atoms with E-state index in [-0.39, 0.29) is 89.2 Å². The summed E-state index contributed by atoms with van der Waals surface area (Å²) in [6.45, 7) is 8.66. The zero-order valence-corrected chi connectivity index (χ0v) is 20.6. The molecule has 0 saturated heterocycles. The van der Waals surface area contributed by atoms with Crippen molar-refractivity contribution in [3.63, 3.8) is 0 Å². The van der Waals surface area contributed by atoms with Crippen LogP contribution < -0.4 is 5.32 Å². The molecular formula is C24H39NO8. The van der Waals surface area contributed by atoms with E-state index in [1.807, 2.05) is 0 Å². The van der Waals surface area contributed by atoms with E-state index < -0.39 is 17.1 Å². The first-order valence-electron chi connectivity index (χ1n) is 11.1. The molecule has 0 aromatic heterocycles. The third kappa shape index (κ3) is 17.9. The highest BCUT2D eigenvalue weighted by Gasteiger charge is 2.34. The number of hydrogen-bond donors (Lipinski definition) is 1. The first-order chi connectivity index (χ1) is 15.4. The molecule has 1 amide bonds. The third-order valence-electron chi connectivity index (χ3n) is 4.10. The van der Waals surface area contributed by atoms with Gasteiger partial charge in [-0.2, -0.15) is 0 Å². The van der Waals surface area contributed by atoms with Crippen molar-refractivity contribution in [1.29, 1.82) is 0 Å². The topological polar surface area (TPSA) is 117 Å². The lowest BCUT2D eigenvalue weighted by Gasteiger charge is -2.34. The number of carbonyl (C=O) groups excluding carboxylic acids is 4. The molecule has 0 aliphatic rings. The third-order valence-corrected chi connectivity index (χ3v) is 4.10. The molecule has 0 unspecified atom stereocenters. The van der Waals surface area contributed by atoms with Gasteiger partial charge in [0.15, 0.2) is 0 Å². The largest absolute Gasteiger partial charge is 0.460 e. The second-order valence-electron chi connectivity index (χ2n) is 8.93. The van der Waals surface area contributed by atoms with Gasteiger partial charge in [-0.3, -0.25) is 19.2 Å². The van der Waals surface area contributed by atoms with Crippen LogP contribution in [0.3, 0.4) is 0 Å². The van der Waals surface area contributed by atoms with Gasteiger partial charge in [-0.1, -0.05) is 0 Å². The fraction of sp³-hybridized carbons (Fsp3) is 0.750. The van der Waals surface area contributed by atoms with Crippen molar-refractivity contribution in [3.05, 3.63) is 0 Å². The van der Waals surface area contributed by atoms with Gasteiger partial charge in [-0.25, -0.2) is 0 Å². The van der Waals surface area contributed by atoms with Crippen molar-refractivity contribution in [2.45, 2.75) is 77.9 Å². The number of terminal acetylenes is 1. The lowest BCUT2D eigenvalue weighted by Crippen LogP contribution is -2.58. The quantitative estimate of drug-likeness (QED) is 0.184. The van der Waals surface area contributed by atoms with Crippen LogP contribution in [0.5, 0.6) is 0 Å². The summed E-state index contributed by atoms with van der Waals surface area (Å²) >= 11 is 0. The van der Waals surface area contributed by atoms with E-state index in [2.05, 4.69) is 11.2 Å². The Balaban J connectivity index is 5.20.